The molecular formula is C20H32N2O3. The number of carbonyl (C=O) groups excluding carboxylic acids is 1. The molecule has 0 saturated carbocycles. The summed E-state index contributed by atoms with van der Waals surface area (Å²) < 4.78 is 5.40. The second-order valence-corrected chi connectivity index (χ2v) is 7.59. The average Bonchev–Trinajstić information content (AvgIpc) is 2.57. The molecule has 1 heterocycles. The van der Waals surface area contributed by atoms with E-state index in [1.807, 2.05) is 18.9 Å². The van der Waals surface area contributed by atoms with Gasteiger partial charge in [-0.1, -0.05) is 23.8 Å². The van der Waals surface area contributed by atoms with E-state index in [9.17, 15) is 9.90 Å². The van der Waals surface area contributed by atoms with Crippen LogP contribution in [0.2, 0.25) is 0 Å². The number of nitrogens with zero attached hydrogens (tertiary/aromatic N) is 1. The van der Waals surface area contributed by atoms with Crippen molar-refractivity contribution in [3.05, 3.63) is 34.9 Å². The highest BCUT2D eigenvalue weighted by Gasteiger charge is 2.33. The smallest absolute Gasteiger partial charge is 0.234 e. The molecule has 0 aliphatic carbocycles. The molecule has 5 heteroatoms. The Morgan fingerprint density at radius 1 is 1.36 bits per heavy atom. The van der Waals surface area contributed by atoms with E-state index in [0.29, 0.717) is 26.3 Å². The fraction of sp³-hybridized carbons (Fsp3) is 0.650. The predicted octanol–water partition coefficient (Wildman–Crippen LogP) is 2.20. The van der Waals surface area contributed by atoms with Crippen molar-refractivity contribution in [2.75, 3.05) is 40.0 Å². The van der Waals surface area contributed by atoms with Gasteiger partial charge in [-0.25, -0.2) is 0 Å². The zero-order chi connectivity index (χ0) is 18.4. The van der Waals surface area contributed by atoms with Gasteiger partial charge >= 0.3 is 0 Å². The van der Waals surface area contributed by atoms with Gasteiger partial charge in [0.05, 0.1) is 19.2 Å². The molecule has 0 bridgehead atoms. The van der Waals surface area contributed by atoms with Crippen molar-refractivity contribution >= 4 is 5.91 Å². The SMILES string of the molecule is Cc1ccc(C)c([C@@H](C)NC(=O)CN(C)CC2(CO)CCOCC2)c1. The van der Waals surface area contributed by atoms with Crippen LogP contribution in [0.3, 0.4) is 0 Å². The summed E-state index contributed by atoms with van der Waals surface area (Å²) in [4.78, 5) is 14.4. The minimum absolute atomic E-state index is 0.0102. The summed E-state index contributed by atoms with van der Waals surface area (Å²) in [6.07, 6.45) is 1.68. The summed E-state index contributed by atoms with van der Waals surface area (Å²) in [5.41, 5.74) is 3.40. The standard InChI is InChI=1S/C20H32N2O3/c1-15-5-6-16(2)18(11-15)17(3)21-19(24)12-22(4)13-20(14-23)7-9-25-10-8-20/h5-6,11,17,23H,7-10,12-14H2,1-4H3,(H,21,24)/t17-/m1/s1. The van der Waals surface area contributed by atoms with Crippen molar-refractivity contribution in [2.45, 2.75) is 39.7 Å². The lowest BCUT2D eigenvalue weighted by Gasteiger charge is -2.38. The first-order valence-electron chi connectivity index (χ1n) is 9.09. The maximum atomic E-state index is 12.4. The number of carbonyl (C=O) groups is 1. The Morgan fingerprint density at radius 3 is 2.68 bits per heavy atom. The van der Waals surface area contributed by atoms with Gasteiger partial charge in [0.2, 0.25) is 5.91 Å². The molecule has 1 saturated heterocycles. The number of likely N-dealkylation sites (N-methyl/N-ethyl adjacent to an activating group) is 1. The van der Waals surface area contributed by atoms with Gasteiger partial charge < -0.3 is 15.2 Å². The van der Waals surface area contributed by atoms with Gasteiger partial charge in [0.1, 0.15) is 0 Å². The summed E-state index contributed by atoms with van der Waals surface area (Å²) in [5, 5.41) is 12.9. The van der Waals surface area contributed by atoms with Crippen LogP contribution in [0.15, 0.2) is 18.2 Å². The summed E-state index contributed by atoms with van der Waals surface area (Å²) in [7, 11) is 1.94. The second kappa shape index (κ2) is 8.79. The van der Waals surface area contributed by atoms with E-state index < -0.39 is 0 Å². The van der Waals surface area contributed by atoms with Crippen LogP contribution in [-0.4, -0.2) is 55.9 Å². The van der Waals surface area contributed by atoms with Crippen molar-refractivity contribution in [3.8, 4) is 0 Å². The fourth-order valence-corrected chi connectivity index (χ4v) is 3.64. The Balaban J connectivity index is 1.89. The molecular weight excluding hydrogens is 316 g/mol. The largest absolute Gasteiger partial charge is 0.396 e. The number of ether oxygens (including phenoxy) is 1. The molecule has 2 rings (SSSR count). The van der Waals surface area contributed by atoms with Crippen LogP contribution in [0.25, 0.3) is 0 Å². The molecule has 1 amide bonds. The molecule has 0 aromatic heterocycles. The van der Waals surface area contributed by atoms with Gasteiger partial charge in [-0.3, -0.25) is 9.69 Å². The molecule has 0 unspecified atom stereocenters. The Labute approximate surface area is 151 Å². The summed E-state index contributed by atoms with van der Waals surface area (Å²) >= 11 is 0. The molecule has 5 nitrogen and oxygen atoms in total. The Bertz CT molecular complexity index is 582. The van der Waals surface area contributed by atoms with E-state index in [1.54, 1.807) is 0 Å². The fourth-order valence-electron chi connectivity index (χ4n) is 3.64. The molecule has 1 aliphatic heterocycles. The quantitative estimate of drug-likeness (QED) is 0.793. The van der Waals surface area contributed by atoms with E-state index in [1.165, 1.54) is 11.1 Å². The van der Waals surface area contributed by atoms with Crippen LogP contribution in [0.1, 0.15) is 42.5 Å². The lowest BCUT2D eigenvalue weighted by atomic mass is 9.80. The van der Waals surface area contributed by atoms with Gasteiger partial charge in [0.25, 0.3) is 0 Å². The van der Waals surface area contributed by atoms with E-state index in [4.69, 9.17) is 4.74 Å². The number of hydrogen-bond donors (Lipinski definition) is 2. The molecule has 1 fully saturated rings. The Morgan fingerprint density at radius 2 is 2.04 bits per heavy atom. The number of rotatable bonds is 7. The molecule has 2 N–H and O–H groups in total. The molecule has 25 heavy (non-hydrogen) atoms. The summed E-state index contributed by atoms with van der Waals surface area (Å²) in [5.74, 6) is 0.0102. The number of aliphatic hydroxyl groups excluding tert-OH is 1. The highest BCUT2D eigenvalue weighted by atomic mass is 16.5. The van der Waals surface area contributed by atoms with Gasteiger partial charge in [0.15, 0.2) is 0 Å². The normalized spacial score (nSPS) is 18.2. The highest BCUT2D eigenvalue weighted by molar-refractivity contribution is 5.78. The van der Waals surface area contributed by atoms with Crippen molar-refractivity contribution in [1.29, 1.82) is 0 Å². The Kier molecular flexibility index (Phi) is 6.99. The molecule has 1 aliphatic rings. The summed E-state index contributed by atoms with van der Waals surface area (Å²) in [6.45, 7) is 8.70. The monoisotopic (exact) mass is 348 g/mol. The van der Waals surface area contributed by atoms with E-state index in [0.717, 1.165) is 18.4 Å². The van der Waals surface area contributed by atoms with Crippen LogP contribution in [0.5, 0.6) is 0 Å². The zero-order valence-electron chi connectivity index (χ0n) is 16.0. The van der Waals surface area contributed by atoms with E-state index in [-0.39, 0.29) is 24.0 Å². The lowest BCUT2D eigenvalue weighted by molar-refractivity contribution is -0.123. The Hall–Kier alpha value is -1.43. The topological polar surface area (TPSA) is 61.8 Å². The number of amides is 1. The van der Waals surface area contributed by atoms with Crippen molar-refractivity contribution < 1.29 is 14.6 Å². The zero-order valence-corrected chi connectivity index (χ0v) is 16.0. The first-order chi connectivity index (χ1) is 11.8. The van der Waals surface area contributed by atoms with Crippen LogP contribution in [0.4, 0.5) is 0 Å². The molecule has 1 aromatic carbocycles. The van der Waals surface area contributed by atoms with Crippen LogP contribution < -0.4 is 5.32 Å². The second-order valence-electron chi connectivity index (χ2n) is 7.59. The van der Waals surface area contributed by atoms with Gasteiger partial charge in [-0.15, -0.1) is 0 Å². The number of benzene rings is 1. The van der Waals surface area contributed by atoms with Crippen molar-refractivity contribution in [3.63, 3.8) is 0 Å². The third-order valence-electron chi connectivity index (χ3n) is 5.19. The van der Waals surface area contributed by atoms with Crippen LogP contribution in [0, 0.1) is 19.3 Å². The van der Waals surface area contributed by atoms with Crippen molar-refractivity contribution in [1.82, 2.24) is 10.2 Å². The molecule has 1 atom stereocenters. The number of aryl methyl sites for hydroxylation is 2. The lowest BCUT2D eigenvalue weighted by Crippen LogP contribution is -2.45. The molecule has 0 radical (unpaired) electrons. The van der Waals surface area contributed by atoms with Gasteiger partial charge in [0, 0.05) is 25.2 Å². The molecule has 140 valence electrons. The average molecular weight is 348 g/mol. The molecule has 1 aromatic rings. The first kappa shape index (κ1) is 19.9. The van der Waals surface area contributed by atoms with Gasteiger partial charge in [-0.2, -0.15) is 0 Å². The molecule has 0 spiro atoms. The maximum absolute atomic E-state index is 12.4. The highest BCUT2D eigenvalue weighted by Crippen LogP contribution is 2.30. The van der Waals surface area contributed by atoms with E-state index >= 15 is 0 Å². The minimum atomic E-state index is -0.147. The predicted molar refractivity (Wildman–Crippen MR) is 99.5 cm³/mol. The third-order valence-corrected chi connectivity index (χ3v) is 5.19. The van der Waals surface area contributed by atoms with Gasteiger partial charge in [-0.05, 0) is 51.8 Å². The number of aliphatic hydroxyl groups is 1. The third kappa shape index (κ3) is 5.53. The minimum Gasteiger partial charge on any atom is -0.396 e. The van der Waals surface area contributed by atoms with Crippen molar-refractivity contribution in [2.24, 2.45) is 5.41 Å². The van der Waals surface area contributed by atoms with E-state index in [2.05, 4.69) is 37.4 Å². The number of nitrogens with one attached hydrogen (secondary N) is 1. The van der Waals surface area contributed by atoms with Crippen LogP contribution >= 0.6 is 0 Å². The summed E-state index contributed by atoms with van der Waals surface area (Å²) in [6, 6.07) is 6.29. The maximum Gasteiger partial charge on any atom is 0.234 e. The first-order valence-corrected chi connectivity index (χ1v) is 9.09. The number of hydrogen-bond acceptors (Lipinski definition) is 4. The van der Waals surface area contributed by atoms with Crippen LogP contribution in [-0.2, 0) is 9.53 Å².